The first-order valence-corrected chi connectivity index (χ1v) is 4.41. The second kappa shape index (κ2) is 1.88. The number of hydrogen-bond donors (Lipinski definition) is 2. The molecule has 1 heterocycles. The number of rotatable bonds is 0. The zero-order chi connectivity index (χ0) is 6.20. The standard InChI is InChI=1S/C4H11NO2S/c1-5-2-3-8(6,7)4-5/h6-7H,2-4H2,1H3. The molecule has 0 aromatic heterocycles. The Hall–Kier alpha value is 0.230. The van der Waals surface area contributed by atoms with Gasteiger partial charge in [0, 0.05) is 6.54 Å². The van der Waals surface area contributed by atoms with E-state index in [1.54, 1.807) is 0 Å². The first kappa shape index (κ1) is 6.35. The summed E-state index contributed by atoms with van der Waals surface area (Å²) in [5.41, 5.74) is 0. The predicted octanol–water partition coefficient (Wildman–Crippen LogP) is 0.640. The predicted molar refractivity (Wildman–Crippen MR) is 35.2 cm³/mol. The Bertz CT molecular complexity index is 96.0. The Morgan fingerprint density at radius 2 is 2.12 bits per heavy atom. The molecule has 0 aromatic carbocycles. The highest BCUT2D eigenvalue weighted by molar-refractivity contribution is 8.24. The zero-order valence-corrected chi connectivity index (χ0v) is 5.69. The van der Waals surface area contributed by atoms with E-state index in [-0.39, 0.29) is 0 Å². The molecular formula is C4H11NO2S. The molecule has 0 saturated carbocycles. The molecule has 2 N–H and O–H groups in total. The molecule has 3 nitrogen and oxygen atoms in total. The topological polar surface area (TPSA) is 43.7 Å². The van der Waals surface area contributed by atoms with Gasteiger partial charge in [0.1, 0.15) is 0 Å². The van der Waals surface area contributed by atoms with Crippen LogP contribution >= 0.6 is 10.6 Å². The minimum atomic E-state index is -2.17. The van der Waals surface area contributed by atoms with Gasteiger partial charge in [-0.05, 0) is 7.05 Å². The maximum absolute atomic E-state index is 8.96. The van der Waals surface area contributed by atoms with Crippen molar-refractivity contribution in [3.05, 3.63) is 0 Å². The van der Waals surface area contributed by atoms with Crippen molar-refractivity contribution in [2.45, 2.75) is 0 Å². The summed E-state index contributed by atoms with van der Waals surface area (Å²) in [6.45, 7) is 0.822. The van der Waals surface area contributed by atoms with Gasteiger partial charge in [-0.15, -0.1) is 0 Å². The van der Waals surface area contributed by atoms with Crippen molar-refractivity contribution < 1.29 is 9.11 Å². The molecule has 0 amide bonds. The van der Waals surface area contributed by atoms with E-state index in [2.05, 4.69) is 0 Å². The fourth-order valence-electron chi connectivity index (χ4n) is 0.784. The third kappa shape index (κ3) is 1.35. The minimum absolute atomic E-state index is 0.465. The summed E-state index contributed by atoms with van der Waals surface area (Å²) in [6.07, 6.45) is 0. The largest absolute Gasteiger partial charge is 0.298 e. The fraction of sp³-hybridized carbons (Fsp3) is 1.00. The van der Waals surface area contributed by atoms with Gasteiger partial charge in [0.2, 0.25) is 0 Å². The van der Waals surface area contributed by atoms with Crippen molar-refractivity contribution in [2.75, 3.05) is 25.2 Å². The van der Waals surface area contributed by atoms with Gasteiger partial charge in [0.15, 0.2) is 0 Å². The van der Waals surface area contributed by atoms with Crippen LogP contribution in [0.4, 0.5) is 0 Å². The molecule has 1 aliphatic heterocycles. The second-order valence-corrected chi connectivity index (χ2v) is 4.49. The molecule has 0 spiro atoms. The molecule has 1 saturated heterocycles. The van der Waals surface area contributed by atoms with Crippen molar-refractivity contribution in [1.29, 1.82) is 0 Å². The van der Waals surface area contributed by atoms with E-state index < -0.39 is 10.6 Å². The van der Waals surface area contributed by atoms with Gasteiger partial charge >= 0.3 is 0 Å². The summed E-state index contributed by atoms with van der Waals surface area (Å²) in [6, 6.07) is 0. The molecule has 50 valence electrons. The van der Waals surface area contributed by atoms with Gasteiger partial charge in [-0.2, -0.15) is 10.6 Å². The first-order chi connectivity index (χ1) is 3.60. The summed E-state index contributed by atoms with van der Waals surface area (Å²) in [5.74, 6) is 1.02. The minimum Gasteiger partial charge on any atom is -0.298 e. The maximum atomic E-state index is 8.96. The number of nitrogens with zero attached hydrogens (tertiary/aromatic N) is 1. The molecule has 8 heavy (non-hydrogen) atoms. The number of hydrogen-bond acceptors (Lipinski definition) is 3. The zero-order valence-electron chi connectivity index (χ0n) is 4.87. The van der Waals surface area contributed by atoms with Crippen molar-refractivity contribution >= 4 is 10.6 Å². The van der Waals surface area contributed by atoms with Crippen LogP contribution in [0.25, 0.3) is 0 Å². The molecule has 0 unspecified atom stereocenters. The van der Waals surface area contributed by atoms with Crippen molar-refractivity contribution in [3.8, 4) is 0 Å². The Kier molecular flexibility index (Phi) is 1.49. The van der Waals surface area contributed by atoms with Crippen molar-refractivity contribution in [1.82, 2.24) is 4.90 Å². The lowest BCUT2D eigenvalue weighted by Crippen LogP contribution is -2.12. The van der Waals surface area contributed by atoms with Gasteiger partial charge in [-0.1, -0.05) is 0 Å². The van der Waals surface area contributed by atoms with E-state index in [1.165, 1.54) is 0 Å². The third-order valence-electron chi connectivity index (χ3n) is 1.23. The molecular weight excluding hydrogens is 126 g/mol. The van der Waals surface area contributed by atoms with Crippen LogP contribution in [0.5, 0.6) is 0 Å². The van der Waals surface area contributed by atoms with E-state index in [0.717, 1.165) is 6.54 Å². The van der Waals surface area contributed by atoms with Crippen LogP contribution in [-0.4, -0.2) is 39.2 Å². The maximum Gasteiger partial charge on any atom is 0.0890 e. The lowest BCUT2D eigenvalue weighted by Gasteiger charge is -2.24. The molecule has 0 bridgehead atoms. The monoisotopic (exact) mass is 137 g/mol. The molecule has 1 fully saturated rings. The van der Waals surface area contributed by atoms with Crippen LogP contribution in [0.3, 0.4) is 0 Å². The average molecular weight is 137 g/mol. The van der Waals surface area contributed by atoms with Crippen LogP contribution in [0.15, 0.2) is 0 Å². The first-order valence-electron chi connectivity index (χ1n) is 2.52. The highest BCUT2D eigenvalue weighted by Gasteiger charge is 2.22. The summed E-state index contributed by atoms with van der Waals surface area (Å²) in [4.78, 5) is 1.93. The van der Waals surface area contributed by atoms with E-state index in [9.17, 15) is 0 Å². The molecule has 0 aliphatic carbocycles. The summed E-state index contributed by atoms with van der Waals surface area (Å²) >= 11 is 0. The Morgan fingerprint density at radius 1 is 1.50 bits per heavy atom. The van der Waals surface area contributed by atoms with Gasteiger partial charge in [-0.25, -0.2) is 0 Å². The lowest BCUT2D eigenvalue weighted by atomic mass is 10.7. The second-order valence-electron chi connectivity index (χ2n) is 2.22. The normalized spacial score (nSPS) is 32.9. The molecule has 4 heteroatoms. The molecule has 0 atom stereocenters. The molecule has 1 aliphatic rings. The molecule has 0 aromatic rings. The van der Waals surface area contributed by atoms with Crippen LogP contribution in [-0.2, 0) is 0 Å². The van der Waals surface area contributed by atoms with E-state index in [1.807, 2.05) is 11.9 Å². The van der Waals surface area contributed by atoms with Crippen LogP contribution in [0.1, 0.15) is 0 Å². The van der Waals surface area contributed by atoms with Gasteiger partial charge < -0.3 is 0 Å². The van der Waals surface area contributed by atoms with Gasteiger partial charge in [-0.3, -0.25) is 14.0 Å². The van der Waals surface area contributed by atoms with Crippen LogP contribution in [0, 0.1) is 0 Å². The Balaban J connectivity index is 2.44. The van der Waals surface area contributed by atoms with E-state index in [0.29, 0.717) is 11.6 Å². The smallest absolute Gasteiger partial charge is 0.0890 e. The average Bonchev–Trinajstić information content (AvgIpc) is 1.82. The highest BCUT2D eigenvalue weighted by Crippen LogP contribution is 2.42. The SMILES string of the molecule is CN1CCS(O)(O)C1. The van der Waals surface area contributed by atoms with E-state index in [4.69, 9.17) is 9.11 Å². The van der Waals surface area contributed by atoms with Crippen molar-refractivity contribution in [3.63, 3.8) is 0 Å². The Morgan fingerprint density at radius 3 is 2.25 bits per heavy atom. The van der Waals surface area contributed by atoms with Gasteiger partial charge in [0.25, 0.3) is 0 Å². The lowest BCUT2D eigenvalue weighted by molar-refractivity contribution is 0.423. The van der Waals surface area contributed by atoms with Crippen LogP contribution in [0.2, 0.25) is 0 Å². The highest BCUT2D eigenvalue weighted by atomic mass is 32.3. The van der Waals surface area contributed by atoms with Crippen molar-refractivity contribution in [2.24, 2.45) is 0 Å². The summed E-state index contributed by atoms with van der Waals surface area (Å²) in [5, 5.41) is 0. The molecule has 1 rings (SSSR count). The summed E-state index contributed by atoms with van der Waals surface area (Å²) in [7, 11) is -0.279. The van der Waals surface area contributed by atoms with Gasteiger partial charge in [0.05, 0.1) is 11.6 Å². The quantitative estimate of drug-likeness (QED) is 0.515. The van der Waals surface area contributed by atoms with E-state index >= 15 is 0 Å². The van der Waals surface area contributed by atoms with Crippen LogP contribution < -0.4 is 0 Å². The fourth-order valence-corrected chi connectivity index (χ4v) is 2.35. The summed E-state index contributed by atoms with van der Waals surface area (Å²) < 4.78 is 17.9. The molecule has 0 radical (unpaired) electrons. The Labute approximate surface area is 50.7 Å². The third-order valence-corrected chi connectivity index (χ3v) is 2.92.